The Kier molecular flexibility index (Phi) is 5.71. The summed E-state index contributed by atoms with van der Waals surface area (Å²) < 4.78 is 18.6. The molecule has 2 aromatic carbocycles. The van der Waals surface area contributed by atoms with Crippen molar-refractivity contribution in [2.24, 2.45) is 0 Å². The summed E-state index contributed by atoms with van der Waals surface area (Å²) >= 11 is 5.92. The summed E-state index contributed by atoms with van der Waals surface area (Å²) in [6, 6.07) is 14.4. The van der Waals surface area contributed by atoms with E-state index >= 15 is 0 Å². The summed E-state index contributed by atoms with van der Waals surface area (Å²) in [5.74, 6) is 0.999. The maximum Gasteiger partial charge on any atom is 0.241 e. The van der Waals surface area contributed by atoms with Crippen molar-refractivity contribution in [2.75, 3.05) is 26.2 Å². The van der Waals surface area contributed by atoms with Crippen molar-refractivity contribution >= 4 is 11.6 Å². The quantitative estimate of drug-likeness (QED) is 0.634. The fraction of sp³-hybridized carbons (Fsp3) is 0.333. The van der Waals surface area contributed by atoms with Crippen LogP contribution in [-0.4, -0.2) is 46.1 Å². The second-order valence-corrected chi connectivity index (χ2v) is 7.49. The molecule has 1 fully saturated rings. The van der Waals surface area contributed by atoms with Crippen LogP contribution >= 0.6 is 11.6 Å². The highest BCUT2D eigenvalue weighted by Crippen LogP contribution is 2.23. The third-order valence-corrected chi connectivity index (χ3v) is 5.49. The van der Waals surface area contributed by atoms with Crippen LogP contribution in [0.3, 0.4) is 0 Å². The van der Waals surface area contributed by atoms with Gasteiger partial charge in [-0.1, -0.05) is 28.9 Å². The Morgan fingerprint density at radius 2 is 1.71 bits per heavy atom. The molecular formula is C21H22ClFN4O. The molecule has 3 aromatic rings. The molecule has 0 amide bonds. The van der Waals surface area contributed by atoms with E-state index in [0.29, 0.717) is 23.3 Å². The second kappa shape index (κ2) is 8.39. The van der Waals surface area contributed by atoms with Crippen LogP contribution in [0.2, 0.25) is 5.02 Å². The molecule has 0 aliphatic carbocycles. The van der Waals surface area contributed by atoms with E-state index < -0.39 is 0 Å². The highest BCUT2D eigenvalue weighted by atomic mass is 35.5. The van der Waals surface area contributed by atoms with Crippen LogP contribution in [0.5, 0.6) is 0 Å². The molecule has 0 radical (unpaired) electrons. The van der Waals surface area contributed by atoms with Crippen molar-refractivity contribution in [2.45, 2.75) is 19.5 Å². The lowest BCUT2D eigenvalue weighted by atomic mass is 10.1. The van der Waals surface area contributed by atoms with Crippen LogP contribution in [0, 0.1) is 5.82 Å². The van der Waals surface area contributed by atoms with Crippen LogP contribution in [0.15, 0.2) is 53.1 Å². The fourth-order valence-corrected chi connectivity index (χ4v) is 3.61. The molecule has 1 aliphatic heterocycles. The molecule has 7 heteroatoms. The van der Waals surface area contributed by atoms with E-state index in [4.69, 9.17) is 16.1 Å². The van der Waals surface area contributed by atoms with E-state index in [-0.39, 0.29) is 11.9 Å². The van der Waals surface area contributed by atoms with E-state index in [1.54, 1.807) is 0 Å². The SMILES string of the molecule is C[C@H](c1ccc(F)cc1)N1CCN(Cc2nc(-c3ccc(Cl)cc3)no2)CC1. The van der Waals surface area contributed by atoms with E-state index in [9.17, 15) is 4.39 Å². The summed E-state index contributed by atoms with van der Waals surface area (Å²) in [4.78, 5) is 9.23. The van der Waals surface area contributed by atoms with Crippen molar-refractivity contribution in [1.29, 1.82) is 0 Å². The molecule has 0 unspecified atom stereocenters. The minimum Gasteiger partial charge on any atom is -0.338 e. The maximum absolute atomic E-state index is 13.1. The summed E-state index contributed by atoms with van der Waals surface area (Å²) in [5, 5.41) is 4.76. The Hall–Kier alpha value is -2.28. The molecule has 28 heavy (non-hydrogen) atoms. The van der Waals surface area contributed by atoms with Gasteiger partial charge in [0.25, 0.3) is 0 Å². The standard InChI is InChI=1S/C21H22ClFN4O/c1-15(16-4-8-19(23)9-5-16)27-12-10-26(11-13-27)14-20-24-21(25-28-20)17-2-6-18(22)7-3-17/h2-9,15H,10-14H2,1H3/t15-/m1/s1. The first-order valence-electron chi connectivity index (χ1n) is 9.39. The minimum atomic E-state index is -0.196. The first-order valence-corrected chi connectivity index (χ1v) is 9.77. The molecule has 1 saturated heterocycles. The molecule has 0 N–H and O–H groups in total. The van der Waals surface area contributed by atoms with Crippen LogP contribution in [0.1, 0.15) is 24.4 Å². The molecule has 146 valence electrons. The lowest BCUT2D eigenvalue weighted by molar-refractivity contribution is 0.0905. The number of hydrogen-bond donors (Lipinski definition) is 0. The van der Waals surface area contributed by atoms with Gasteiger partial charge in [-0.25, -0.2) is 4.39 Å². The van der Waals surface area contributed by atoms with Crippen molar-refractivity contribution in [3.05, 3.63) is 70.8 Å². The minimum absolute atomic E-state index is 0.196. The van der Waals surface area contributed by atoms with Crippen molar-refractivity contribution in [3.63, 3.8) is 0 Å². The van der Waals surface area contributed by atoms with Crippen LogP contribution in [-0.2, 0) is 6.54 Å². The first kappa shape index (κ1) is 19.1. The topological polar surface area (TPSA) is 45.4 Å². The molecular weight excluding hydrogens is 379 g/mol. The molecule has 0 bridgehead atoms. The Balaban J connectivity index is 1.32. The van der Waals surface area contributed by atoms with E-state index in [1.807, 2.05) is 36.4 Å². The van der Waals surface area contributed by atoms with Crippen molar-refractivity contribution in [1.82, 2.24) is 19.9 Å². The van der Waals surface area contributed by atoms with E-state index in [1.165, 1.54) is 12.1 Å². The molecule has 2 heterocycles. The number of halogens is 2. The van der Waals surface area contributed by atoms with E-state index in [2.05, 4.69) is 26.9 Å². The largest absolute Gasteiger partial charge is 0.338 e. The normalized spacial score (nSPS) is 17.0. The highest BCUT2D eigenvalue weighted by molar-refractivity contribution is 6.30. The molecule has 4 rings (SSSR count). The second-order valence-electron chi connectivity index (χ2n) is 7.06. The maximum atomic E-state index is 13.1. The van der Waals surface area contributed by atoms with Gasteiger partial charge in [0, 0.05) is 42.8 Å². The number of hydrogen-bond acceptors (Lipinski definition) is 5. The van der Waals surface area contributed by atoms with Gasteiger partial charge < -0.3 is 4.52 Å². The van der Waals surface area contributed by atoms with Crippen LogP contribution in [0.4, 0.5) is 4.39 Å². The van der Waals surface area contributed by atoms with Gasteiger partial charge in [0.15, 0.2) is 0 Å². The lowest BCUT2D eigenvalue weighted by Gasteiger charge is -2.37. The fourth-order valence-electron chi connectivity index (χ4n) is 3.49. The average molecular weight is 401 g/mol. The van der Waals surface area contributed by atoms with Gasteiger partial charge in [0.1, 0.15) is 5.82 Å². The van der Waals surface area contributed by atoms with Gasteiger partial charge in [-0.2, -0.15) is 4.98 Å². The Bertz CT molecular complexity index is 905. The zero-order valence-corrected chi connectivity index (χ0v) is 16.4. The van der Waals surface area contributed by atoms with Gasteiger partial charge in [0.2, 0.25) is 11.7 Å². The van der Waals surface area contributed by atoms with Gasteiger partial charge in [-0.15, -0.1) is 0 Å². The zero-order chi connectivity index (χ0) is 19.5. The van der Waals surface area contributed by atoms with Crippen LogP contribution in [0.25, 0.3) is 11.4 Å². The van der Waals surface area contributed by atoms with Crippen LogP contribution < -0.4 is 0 Å². The number of aromatic nitrogens is 2. The molecule has 5 nitrogen and oxygen atoms in total. The van der Waals surface area contributed by atoms with Crippen molar-refractivity contribution < 1.29 is 8.91 Å². The summed E-state index contributed by atoms with van der Waals surface area (Å²) in [7, 11) is 0. The molecule has 0 saturated carbocycles. The predicted octanol–water partition coefficient (Wildman–Crippen LogP) is 4.41. The number of benzene rings is 2. The van der Waals surface area contributed by atoms with Gasteiger partial charge >= 0.3 is 0 Å². The molecule has 1 atom stereocenters. The summed E-state index contributed by atoms with van der Waals surface area (Å²) in [6.45, 7) is 6.53. The third kappa shape index (κ3) is 4.41. The monoisotopic (exact) mass is 400 g/mol. The molecule has 1 aliphatic rings. The first-order chi connectivity index (χ1) is 13.6. The number of piperazine rings is 1. The highest BCUT2D eigenvalue weighted by Gasteiger charge is 2.23. The zero-order valence-electron chi connectivity index (χ0n) is 15.7. The number of rotatable bonds is 5. The Labute approximate surface area is 168 Å². The van der Waals surface area contributed by atoms with Crippen molar-refractivity contribution in [3.8, 4) is 11.4 Å². The van der Waals surface area contributed by atoms with E-state index in [0.717, 1.165) is 37.3 Å². The summed E-state index contributed by atoms with van der Waals surface area (Å²) in [6.07, 6.45) is 0. The number of nitrogens with zero attached hydrogens (tertiary/aromatic N) is 4. The summed E-state index contributed by atoms with van der Waals surface area (Å²) in [5.41, 5.74) is 2.02. The van der Waals surface area contributed by atoms with Gasteiger partial charge in [0.05, 0.1) is 6.54 Å². The predicted molar refractivity (Wildman–Crippen MR) is 106 cm³/mol. The lowest BCUT2D eigenvalue weighted by Crippen LogP contribution is -2.46. The Morgan fingerprint density at radius 1 is 1.04 bits per heavy atom. The third-order valence-electron chi connectivity index (χ3n) is 5.24. The van der Waals surface area contributed by atoms with Gasteiger partial charge in [-0.05, 0) is 48.9 Å². The molecule has 1 aromatic heterocycles. The smallest absolute Gasteiger partial charge is 0.241 e. The Morgan fingerprint density at radius 3 is 2.39 bits per heavy atom. The average Bonchev–Trinajstić information content (AvgIpc) is 3.18. The van der Waals surface area contributed by atoms with Gasteiger partial charge in [-0.3, -0.25) is 9.80 Å². The molecule has 0 spiro atoms.